The van der Waals surface area contributed by atoms with Crippen LogP contribution in [-0.4, -0.2) is 17.2 Å². The smallest absolute Gasteiger partial charge is 0.174 e. The van der Waals surface area contributed by atoms with Crippen molar-refractivity contribution < 1.29 is 4.74 Å². The SMILES string of the molecule is COc1ccc(N2C(=S)NC(c3ccccn3)C2c2ccc(Br)s2)cc1. The Morgan fingerprint density at radius 1 is 1.15 bits per heavy atom. The molecular weight excluding hydrogens is 430 g/mol. The summed E-state index contributed by atoms with van der Waals surface area (Å²) >= 11 is 11.0. The molecule has 1 fully saturated rings. The van der Waals surface area contributed by atoms with Gasteiger partial charge in [-0.15, -0.1) is 11.3 Å². The zero-order chi connectivity index (χ0) is 18.1. The quantitative estimate of drug-likeness (QED) is 0.565. The Bertz CT molecular complexity index is 914. The van der Waals surface area contributed by atoms with Crippen molar-refractivity contribution >= 4 is 50.3 Å². The Kier molecular flexibility index (Phi) is 4.93. The van der Waals surface area contributed by atoms with E-state index in [-0.39, 0.29) is 12.1 Å². The zero-order valence-corrected chi connectivity index (χ0v) is 17.1. The van der Waals surface area contributed by atoms with Gasteiger partial charge in [-0.05, 0) is 76.7 Å². The third-order valence-corrected chi connectivity index (χ3v) is 6.34. The lowest BCUT2D eigenvalue weighted by molar-refractivity contribution is 0.415. The maximum atomic E-state index is 5.69. The van der Waals surface area contributed by atoms with Crippen molar-refractivity contribution in [3.63, 3.8) is 0 Å². The summed E-state index contributed by atoms with van der Waals surface area (Å²) in [7, 11) is 1.67. The molecular formula is C19H16BrN3OS2. The standard InChI is InChI=1S/C19H16BrN3OS2/c1-24-13-7-5-12(6-8-13)23-18(15-9-10-16(20)26-15)17(22-19(23)25)14-4-2-3-11-21-14/h2-11,17-18H,1H3,(H,22,25). The number of thiocarbonyl (C=S) groups is 1. The summed E-state index contributed by atoms with van der Waals surface area (Å²) in [6.07, 6.45) is 1.82. The number of aromatic nitrogens is 1. The lowest BCUT2D eigenvalue weighted by Gasteiger charge is -2.27. The van der Waals surface area contributed by atoms with Crippen molar-refractivity contribution in [3.8, 4) is 5.75 Å². The van der Waals surface area contributed by atoms with Gasteiger partial charge in [-0.25, -0.2) is 0 Å². The number of nitrogens with zero attached hydrogens (tertiary/aromatic N) is 2. The van der Waals surface area contributed by atoms with Crippen LogP contribution in [0.3, 0.4) is 0 Å². The van der Waals surface area contributed by atoms with Gasteiger partial charge in [-0.1, -0.05) is 6.07 Å². The number of methoxy groups -OCH3 is 1. The molecule has 2 atom stereocenters. The van der Waals surface area contributed by atoms with Gasteiger partial charge in [0, 0.05) is 16.8 Å². The molecule has 132 valence electrons. The van der Waals surface area contributed by atoms with Crippen LogP contribution in [0.25, 0.3) is 0 Å². The van der Waals surface area contributed by atoms with Crippen molar-refractivity contribution in [3.05, 3.63) is 75.2 Å². The van der Waals surface area contributed by atoms with E-state index in [1.807, 2.05) is 48.7 Å². The number of benzene rings is 1. The monoisotopic (exact) mass is 445 g/mol. The molecule has 1 aromatic carbocycles. The molecule has 0 amide bonds. The number of anilines is 1. The topological polar surface area (TPSA) is 37.4 Å². The van der Waals surface area contributed by atoms with Crippen LogP contribution in [0.15, 0.2) is 64.6 Å². The predicted molar refractivity (Wildman–Crippen MR) is 113 cm³/mol. The van der Waals surface area contributed by atoms with Crippen molar-refractivity contribution in [1.82, 2.24) is 10.3 Å². The Hall–Kier alpha value is -1.96. The number of halogens is 1. The molecule has 0 bridgehead atoms. The average Bonchev–Trinajstić information content (AvgIpc) is 3.25. The highest BCUT2D eigenvalue weighted by Crippen LogP contribution is 2.44. The number of hydrogen-bond acceptors (Lipinski definition) is 4. The van der Waals surface area contributed by atoms with E-state index in [0.717, 1.165) is 20.9 Å². The molecule has 3 heterocycles. The Balaban J connectivity index is 1.79. The van der Waals surface area contributed by atoms with E-state index in [1.165, 1.54) is 4.88 Å². The van der Waals surface area contributed by atoms with Crippen LogP contribution < -0.4 is 15.0 Å². The first-order valence-electron chi connectivity index (χ1n) is 8.07. The molecule has 0 aliphatic carbocycles. The molecule has 1 N–H and O–H groups in total. The summed E-state index contributed by atoms with van der Waals surface area (Å²) in [5.74, 6) is 0.823. The number of hydrogen-bond donors (Lipinski definition) is 1. The third-order valence-electron chi connectivity index (χ3n) is 4.33. The van der Waals surface area contributed by atoms with Crippen LogP contribution in [0.5, 0.6) is 5.75 Å². The van der Waals surface area contributed by atoms with Crippen molar-refractivity contribution in [1.29, 1.82) is 0 Å². The molecule has 0 saturated carbocycles. The van der Waals surface area contributed by atoms with Gasteiger partial charge in [-0.3, -0.25) is 4.98 Å². The molecule has 3 aromatic rings. The van der Waals surface area contributed by atoms with Crippen molar-refractivity contribution in [2.75, 3.05) is 12.0 Å². The minimum Gasteiger partial charge on any atom is -0.497 e. The van der Waals surface area contributed by atoms with E-state index < -0.39 is 0 Å². The second kappa shape index (κ2) is 7.34. The van der Waals surface area contributed by atoms with Crippen LogP contribution >= 0.6 is 39.5 Å². The first-order chi connectivity index (χ1) is 12.7. The van der Waals surface area contributed by atoms with Crippen molar-refractivity contribution in [2.45, 2.75) is 12.1 Å². The van der Waals surface area contributed by atoms with E-state index in [1.54, 1.807) is 18.4 Å². The molecule has 1 aliphatic rings. The molecule has 2 unspecified atom stereocenters. The fourth-order valence-corrected chi connectivity index (χ4v) is 5.05. The van der Waals surface area contributed by atoms with Gasteiger partial charge in [0.1, 0.15) is 5.75 Å². The second-order valence-electron chi connectivity index (χ2n) is 5.84. The minimum atomic E-state index is -0.0173. The Labute approximate surface area is 170 Å². The molecule has 26 heavy (non-hydrogen) atoms. The van der Waals surface area contributed by atoms with Crippen LogP contribution in [-0.2, 0) is 0 Å². The lowest BCUT2D eigenvalue weighted by atomic mass is 10.0. The first-order valence-corrected chi connectivity index (χ1v) is 10.1. The minimum absolute atomic E-state index is 0.0173. The van der Waals surface area contributed by atoms with Crippen LogP contribution in [0.2, 0.25) is 0 Å². The number of pyridine rings is 1. The predicted octanol–water partition coefficient (Wildman–Crippen LogP) is 5.09. The van der Waals surface area contributed by atoms with Crippen LogP contribution in [0.4, 0.5) is 5.69 Å². The maximum absolute atomic E-state index is 5.69. The second-order valence-corrected chi connectivity index (χ2v) is 8.72. The molecule has 4 nitrogen and oxygen atoms in total. The molecule has 4 rings (SSSR count). The zero-order valence-electron chi connectivity index (χ0n) is 13.9. The number of ether oxygens (including phenoxy) is 1. The van der Waals surface area contributed by atoms with Gasteiger partial charge in [0.25, 0.3) is 0 Å². The Morgan fingerprint density at radius 2 is 1.96 bits per heavy atom. The van der Waals surface area contributed by atoms with E-state index in [4.69, 9.17) is 17.0 Å². The maximum Gasteiger partial charge on any atom is 0.174 e. The lowest BCUT2D eigenvalue weighted by Crippen LogP contribution is -2.28. The highest BCUT2D eigenvalue weighted by Gasteiger charge is 2.41. The fraction of sp³-hybridized carbons (Fsp3) is 0.158. The molecule has 2 aromatic heterocycles. The van der Waals surface area contributed by atoms with Gasteiger partial charge in [0.15, 0.2) is 5.11 Å². The van der Waals surface area contributed by atoms with Gasteiger partial charge in [-0.2, -0.15) is 0 Å². The van der Waals surface area contributed by atoms with Gasteiger partial charge in [0.05, 0.1) is 28.7 Å². The van der Waals surface area contributed by atoms with Crippen molar-refractivity contribution in [2.24, 2.45) is 0 Å². The molecule has 7 heteroatoms. The average molecular weight is 446 g/mol. The summed E-state index contributed by atoms with van der Waals surface area (Å²) in [5, 5.41) is 4.15. The molecule has 0 spiro atoms. The van der Waals surface area contributed by atoms with Gasteiger partial charge < -0.3 is 15.0 Å². The van der Waals surface area contributed by atoms with E-state index in [9.17, 15) is 0 Å². The largest absolute Gasteiger partial charge is 0.497 e. The van der Waals surface area contributed by atoms with E-state index >= 15 is 0 Å². The third kappa shape index (κ3) is 3.22. The summed E-state index contributed by atoms with van der Waals surface area (Å²) in [5.41, 5.74) is 2.00. The normalized spacial score (nSPS) is 19.5. The summed E-state index contributed by atoms with van der Waals surface area (Å²) < 4.78 is 6.38. The molecule has 0 radical (unpaired) electrons. The highest BCUT2D eigenvalue weighted by atomic mass is 79.9. The number of nitrogens with one attached hydrogen (secondary N) is 1. The highest BCUT2D eigenvalue weighted by molar-refractivity contribution is 9.11. The number of thiophene rings is 1. The summed E-state index contributed by atoms with van der Waals surface area (Å²) in [6.45, 7) is 0. The van der Waals surface area contributed by atoms with E-state index in [0.29, 0.717) is 5.11 Å². The summed E-state index contributed by atoms with van der Waals surface area (Å²) in [6, 6.07) is 18.2. The fourth-order valence-electron chi connectivity index (χ4n) is 3.15. The number of rotatable bonds is 4. The van der Waals surface area contributed by atoms with Gasteiger partial charge >= 0.3 is 0 Å². The van der Waals surface area contributed by atoms with E-state index in [2.05, 4.69) is 43.3 Å². The van der Waals surface area contributed by atoms with Crippen LogP contribution in [0, 0.1) is 0 Å². The molecule has 1 aliphatic heterocycles. The first kappa shape index (κ1) is 17.5. The molecule has 1 saturated heterocycles. The Morgan fingerprint density at radius 3 is 2.58 bits per heavy atom. The van der Waals surface area contributed by atoms with Crippen LogP contribution in [0.1, 0.15) is 22.7 Å². The summed E-state index contributed by atoms with van der Waals surface area (Å²) in [4.78, 5) is 7.93. The van der Waals surface area contributed by atoms with Gasteiger partial charge in [0.2, 0.25) is 0 Å².